The van der Waals surface area contributed by atoms with Crippen molar-refractivity contribution in [1.29, 1.82) is 0 Å². The van der Waals surface area contributed by atoms with Gasteiger partial charge in [0.25, 0.3) is 0 Å². The number of anilines is 3. The van der Waals surface area contributed by atoms with E-state index in [0.717, 1.165) is 29.9 Å². The second-order valence-corrected chi connectivity index (χ2v) is 10.1. The minimum absolute atomic E-state index is 0.148. The summed E-state index contributed by atoms with van der Waals surface area (Å²) in [5.74, 6) is -0.718. The smallest absolute Gasteiger partial charge is 0.372 e. The van der Waals surface area contributed by atoms with E-state index < -0.39 is 12.1 Å². The Hall–Kier alpha value is -2.70. The Morgan fingerprint density at radius 1 is 0.970 bits per heavy atom. The Morgan fingerprint density at radius 3 is 2.21 bits per heavy atom. The standard InChI is InChI=1S/C26H30F3N3O/c1-25(2)23-10-7-21(15-18(23)16-32(25)24(33)17-3-4-17)30-20-5-8-22(9-6-20)31-13-11-19(12-14-31)26(27,28)29/h5-10,15,17,19,30H,3-4,11-14,16H2,1-2H3. The third-order valence-corrected chi connectivity index (χ3v) is 7.44. The molecule has 1 saturated carbocycles. The van der Waals surface area contributed by atoms with E-state index in [-0.39, 0.29) is 30.2 Å². The van der Waals surface area contributed by atoms with Crippen molar-refractivity contribution in [1.82, 2.24) is 4.90 Å². The van der Waals surface area contributed by atoms with Crippen LogP contribution in [0.3, 0.4) is 0 Å². The van der Waals surface area contributed by atoms with E-state index in [1.807, 2.05) is 40.1 Å². The van der Waals surface area contributed by atoms with Crippen molar-refractivity contribution in [2.24, 2.45) is 11.8 Å². The molecule has 1 amide bonds. The predicted octanol–water partition coefficient (Wildman–Crippen LogP) is 6.20. The lowest BCUT2D eigenvalue weighted by atomic mass is 9.93. The van der Waals surface area contributed by atoms with Crippen molar-refractivity contribution in [3.8, 4) is 0 Å². The fourth-order valence-corrected chi connectivity index (χ4v) is 5.20. The van der Waals surface area contributed by atoms with Crippen molar-refractivity contribution in [2.75, 3.05) is 23.3 Å². The average Bonchev–Trinajstić information content (AvgIpc) is 3.59. The number of carbonyl (C=O) groups is 1. The maximum absolute atomic E-state index is 12.9. The van der Waals surface area contributed by atoms with Crippen molar-refractivity contribution >= 4 is 23.0 Å². The lowest BCUT2D eigenvalue weighted by Gasteiger charge is -2.34. The predicted molar refractivity (Wildman–Crippen MR) is 123 cm³/mol. The van der Waals surface area contributed by atoms with E-state index in [1.165, 1.54) is 11.1 Å². The fraction of sp³-hybridized carbons (Fsp3) is 0.500. The topological polar surface area (TPSA) is 35.6 Å². The van der Waals surface area contributed by atoms with Crippen molar-refractivity contribution in [2.45, 2.75) is 57.8 Å². The summed E-state index contributed by atoms with van der Waals surface area (Å²) < 4.78 is 38.7. The molecule has 0 aromatic heterocycles. The zero-order chi connectivity index (χ0) is 23.4. The number of carbonyl (C=O) groups excluding carboxylic acids is 1. The third-order valence-electron chi connectivity index (χ3n) is 7.44. The molecule has 2 aromatic carbocycles. The van der Waals surface area contributed by atoms with Gasteiger partial charge in [-0.3, -0.25) is 4.79 Å². The van der Waals surface area contributed by atoms with E-state index in [0.29, 0.717) is 19.6 Å². The molecule has 1 saturated heterocycles. The third kappa shape index (κ3) is 4.30. The summed E-state index contributed by atoms with van der Waals surface area (Å²) in [6, 6.07) is 14.1. The van der Waals surface area contributed by atoms with Crippen LogP contribution in [0.15, 0.2) is 42.5 Å². The quantitative estimate of drug-likeness (QED) is 0.594. The molecule has 0 spiro atoms. The highest BCUT2D eigenvalue weighted by Crippen LogP contribution is 2.44. The molecule has 33 heavy (non-hydrogen) atoms. The molecule has 0 unspecified atom stereocenters. The minimum Gasteiger partial charge on any atom is -0.372 e. The first-order valence-electron chi connectivity index (χ1n) is 11.8. The molecule has 5 rings (SSSR count). The molecule has 2 aromatic rings. The van der Waals surface area contributed by atoms with Crippen LogP contribution in [-0.4, -0.2) is 30.1 Å². The molecule has 1 aliphatic carbocycles. The summed E-state index contributed by atoms with van der Waals surface area (Å²) in [5, 5.41) is 3.43. The van der Waals surface area contributed by atoms with Crippen LogP contribution in [-0.2, 0) is 16.9 Å². The molecule has 2 heterocycles. The molecule has 1 N–H and O–H groups in total. The SMILES string of the molecule is CC1(C)c2ccc(Nc3ccc(N4CCC(C(F)(F)F)CC4)cc3)cc2CN1C(=O)C1CC1. The lowest BCUT2D eigenvalue weighted by molar-refractivity contribution is -0.179. The Morgan fingerprint density at radius 2 is 1.61 bits per heavy atom. The summed E-state index contributed by atoms with van der Waals surface area (Å²) in [5.41, 5.74) is 4.90. The highest BCUT2D eigenvalue weighted by atomic mass is 19.4. The number of nitrogens with zero attached hydrogens (tertiary/aromatic N) is 2. The molecule has 4 nitrogen and oxygen atoms in total. The van der Waals surface area contributed by atoms with Gasteiger partial charge in [0.2, 0.25) is 5.91 Å². The van der Waals surface area contributed by atoms with Gasteiger partial charge in [-0.05, 0) is 87.1 Å². The first-order valence-corrected chi connectivity index (χ1v) is 11.8. The van der Waals surface area contributed by atoms with Crippen molar-refractivity contribution in [3.63, 3.8) is 0 Å². The largest absolute Gasteiger partial charge is 0.391 e. The number of benzene rings is 2. The average molecular weight is 458 g/mol. The molecule has 3 aliphatic rings. The van der Waals surface area contributed by atoms with Gasteiger partial charge in [-0.1, -0.05) is 6.07 Å². The molecule has 7 heteroatoms. The monoisotopic (exact) mass is 457 g/mol. The van der Waals surface area contributed by atoms with Crippen LogP contribution in [0.5, 0.6) is 0 Å². The van der Waals surface area contributed by atoms with Crippen LogP contribution in [0.4, 0.5) is 30.2 Å². The molecule has 0 radical (unpaired) electrons. The second-order valence-electron chi connectivity index (χ2n) is 10.1. The number of hydrogen-bond acceptors (Lipinski definition) is 3. The normalized spacial score (nSPS) is 20.6. The first kappa shape index (κ1) is 22.1. The maximum atomic E-state index is 12.9. The molecule has 176 valence electrons. The van der Waals surface area contributed by atoms with Gasteiger partial charge in [-0.25, -0.2) is 0 Å². The van der Waals surface area contributed by atoms with Gasteiger partial charge in [0.05, 0.1) is 11.5 Å². The van der Waals surface area contributed by atoms with Crippen LogP contribution in [0.1, 0.15) is 50.7 Å². The summed E-state index contributed by atoms with van der Waals surface area (Å²) in [6.45, 7) is 5.71. The number of alkyl halides is 3. The second kappa shape index (κ2) is 7.96. The molecule has 0 bridgehead atoms. The maximum Gasteiger partial charge on any atom is 0.391 e. The van der Waals surface area contributed by atoms with E-state index in [4.69, 9.17) is 0 Å². The van der Waals surface area contributed by atoms with Crippen LogP contribution < -0.4 is 10.2 Å². The Labute approximate surface area is 192 Å². The molecule has 2 aliphatic heterocycles. The van der Waals surface area contributed by atoms with Gasteiger partial charge < -0.3 is 15.1 Å². The van der Waals surface area contributed by atoms with Gasteiger partial charge in [-0.15, -0.1) is 0 Å². The highest BCUT2D eigenvalue weighted by Gasteiger charge is 2.45. The summed E-state index contributed by atoms with van der Waals surface area (Å²) in [4.78, 5) is 16.8. The minimum atomic E-state index is -4.09. The lowest BCUT2D eigenvalue weighted by Crippen LogP contribution is -2.41. The Balaban J connectivity index is 1.24. The van der Waals surface area contributed by atoms with Crippen LogP contribution in [0.2, 0.25) is 0 Å². The zero-order valence-corrected chi connectivity index (χ0v) is 19.1. The van der Waals surface area contributed by atoms with Crippen LogP contribution >= 0.6 is 0 Å². The van der Waals surface area contributed by atoms with E-state index in [2.05, 4.69) is 31.3 Å². The Kier molecular flexibility index (Phi) is 5.33. The summed E-state index contributed by atoms with van der Waals surface area (Å²) in [6.07, 6.45) is -1.78. The number of piperidine rings is 1. The van der Waals surface area contributed by atoms with Gasteiger partial charge in [0.1, 0.15) is 0 Å². The highest BCUT2D eigenvalue weighted by molar-refractivity contribution is 5.83. The van der Waals surface area contributed by atoms with Crippen molar-refractivity contribution in [3.05, 3.63) is 53.6 Å². The molecule has 0 atom stereocenters. The van der Waals surface area contributed by atoms with Gasteiger partial charge in [0, 0.05) is 42.6 Å². The summed E-state index contributed by atoms with van der Waals surface area (Å²) in [7, 11) is 0. The Bertz CT molecular complexity index is 1040. The zero-order valence-electron chi connectivity index (χ0n) is 19.1. The van der Waals surface area contributed by atoms with Gasteiger partial charge >= 0.3 is 6.18 Å². The van der Waals surface area contributed by atoms with Crippen LogP contribution in [0.25, 0.3) is 0 Å². The molecular weight excluding hydrogens is 427 g/mol. The van der Waals surface area contributed by atoms with Crippen LogP contribution in [0, 0.1) is 11.8 Å². The first-order chi connectivity index (χ1) is 15.6. The summed E-state index contributed by atoms with van der Waals surface area (Å²) >= 11 is 0. The number of amides is 1. The number of halogens is 3. The van der Waals surface area contributed by atoms with E-state index >= 15 is 0 Å². The molecule has 2 fully saturated rings. The number of fused-ring (bicyclic) bond motifs is 1. The van der Waals surface area contributed by atoms with E-state index in [1.54, 1.807) is 0 Å². The number of hydrogen-bond donors (Lipinski definition) is 1. The fourth-order valence-electron chi connectivity index (χ4n) is 5.20. The number of rotatable bonds is 4. The van der Waals surface area contributed by atoms with Crippen molar-refractivity contribution < 1.29 is 18.0 Å². The molecular formula is C26H30F3N3O. The van der Waals surface area contributed by atoms with Gasteiger partial charge in [0.15, 0.2) is 0 Å². The van der Waals surface area contributed by atoms with Gasteiger partial charge in [-0.2, -0.15) is 13.2 Å². The van der Waals surface area contributed by atoms with E-state index in [9.17, 15) is 18.0 Å². The number of nitrogens with one attached hydrogen (secondary N) is 1.